The van der Waals surface area contributed by atoms with Gasteiger partial charge in [-0.15, -0.1) is 0 Å². The van der Waals surface area contributed by atoms with Crippen molar-refractivity contribution in [3.8, 4) is 0 Å². The van der Waals surface area contributed by atoms with Gasteiger partial charge in [0, 0.05) is 140 Å². The van der Waals surface area contributed by atoms with Crippen molar-refractivity contribution in [2.45, 2.75) is 187 Å². The minimum atomic E-state index is -2.84. The molecule has 0 heterocycles. The molecule has 7 rings (SSSR count). The van der Waals surface area contributed by atoms with Gasteiger partial charge in [0.15, 0.2) is 0 Å². The third-order valence-electron chi connectivity index (χ3n) is 16.8. The first-order valence-electron chi connectivity index (χ1n) is 61.3. The number of nitrogens with one attached hydrogen (secondary N) is 7. The van der Waals surface area contributed by atoms with Gasteiger partial charge in [0.1, 0.15) is 40.5 Å². The van der Waals surface area contributed by atoms with Crippen molar-refractivity contribution < 1.29 is 156 Å². The van der Waals surface area contributed by atoms with Gasteiger partial charge in [0.2, 0.25) is 41.4 Å². The number of methoxy groups -OCH3 is 7. The minimum Gasteiger partial charge on any atom is -0.384 e. The molecule has 133 heavy (non-hydrogen) atoms. The first kappa shape index (κ1) is 66.6. The second kappa shape index (κ2) is 70.0. The number of ketones is 7. The Hall–Kier alpha value is -11.8. The van der Waals surface area contributed by atoms with Crippen molar-refractivity contribution in [1.82, 2.24) is 37.2 Å². The van der Waals surface area contributed by atoms with Crippen LogP contribution in [0.5, 0.6) is 0 Å². The third kappa shape index (κ3) is 58.0. The highest BCUT2D eigenvalue weighted by Gasteiger charge is 2.26. The molecule has 0 fully saturated rings. The number of carbonyl (C=O) groups is 14. The Morgan fingerprint density at radius 2 is 0.414 bits per heavy atom. The number of rotatable bonds is 49. The number of Topliss-reactive ketones (excluding diaryl/α,β-unsaturated/α-hetero) is 7. The van der Waals surface area contributed by atoms with Gasteiger partial charge in [-0.3, -0.25) is 33.6 Å². The smallest absolute Gasteiger partial charge is 0.226 e. The van der Waals surface area contributed by atoms with Crippen LogP contribution in [0.4, 0.5) is 0 Å². The number of carbonyl (C=O) groups excluding carboxylic acids is 14. The highest BCUT2D eigenvalue weighted by atomic mass is 16.5. The lowest BCUT2D eigenvalue weighted by Crippen LogP contribution is -2.33. The van der Waals surface area contributed by atoms with Crippen LogP contribution in [0.2, 0.25) is 0 Å². The summed E-state index contributed by atoms with van der Waals surface area (Å²) < 4.78 is 348. The van der Waals surface area contributed by atoms with E-state index in [1.165, 1.54) is 55.4 Å². The van der Waals surface area contributed by atoms with E-state index in [-0.39, 0.29) is 94.7 Å². The molecule has 7 N–H and O–H groups in total. The Morgan fingerprint density at radius 3 is 0.602 bits per heavy atom. The Kier molecular flexibility index (Phi) is 35.1. The van der Waals surface area contributed by atoms with Crippen LogP contribution in [0, 0.1) is 89.9 Å². The number of amides is 7. The molecule has 0 bridgehead atoms. The summed E-state index contributed by atoms with van der Waals surface area (Å²) in [7, 11) is -3.90. The molecule has 728 valence electrons. The van der Waals surface area contributed by atoms with Crippen molar-refractivity contribution in [3.05, 3.63) is 247 Å². The molecule has 7 aromatic rings. The summed E-state index contributed by atoms with van der Waals surface area (Å²) in [4.78, 5) is 166. The number of ether oxygens (including phenoxy) is 7. The molecule has 7 atom stereocenters. The van der Waals surface area contributed by atoms with Crippen LogP contribution in [0.3, 0.4) is 0 Å². The van der Waals surface area contributed by atoms with Gasteiger partial charge >= 0.3 is 0 Å². The van der Waals surface area contributed by atoms with E-state index in [9.17, 15) is 67.1 Å². The first-order valence-corrected chi connectivity index (χ1v) is 40.8. The van der Waals surface area contributed by atoms with E-state index in [4.69, 9.17) is 56.2 Å². The summed E-state index contributed by atoms with van der Waals surface area (Å²) in [5.74, 6) is -18.6. The lowest BCUT2D eigenvalue weighted by molar-refractivity contribution is -0.130. The number of benzene rings is 7. The van der Waals surface area contributed by atoms with Gasteiger partial charge in [-0.25, -0.2) is 0 Å². The highest BCUT2D eigenvalue weighted by molar-refractivity contribution is 5.90. The molecule has 7 aromatic carbocycles. The van der Waals surface area contributed by atoms with Crippen LogP contribution in [-0.4, -0.2) is 177 Å². The lowest BCUT2D eigenvalue weighted by Gasteiger charge is -2.14. The monoisotopic (exact) mass is 1880 g/mol. The Morgan fingerprint density at radius 1 is 0.241 bits per heavy atom. The summed E-state index contributed by atoms with van der Waals surface area (Å²) in [6, 6.07) is 20.6. The van der Waals surface area contributed by atoms with Gasteiger partial charge in [-0.05, 0) is 136 Å². The highest BCUT2D eigenvalue weighted by Crippen LogP contribution is 2.16. The lowest BCUT2D eigenvalue weighted by atomic mass is 10.0. The standard InChI is InChI=1S/7C15H21NO3/c7*1-11-4-6-13(7-5-11)9-16-15(18)14(10-19-3)8-12(2)17/h7*4-7,14H,8-10H2,1-3H3,(H,16,18)/i2*4D,5D,6D,7D,9D2,10D2;3D3,4D,5D,6D,7D,9D2;2*9D2,10D2;3D3,9D2;3D3. The molecule has 0 aliphatic heterocycles. The molecule has 0 spiro atoms. The fraction of sp³-hybridized carbons (Fsp3) is 0.467. The van der Waals surface area contributed by atoms with Crippen molar-refractivity contribution in [3.63, 3.8) is 0 Å². The molecule has 28 nitrogen and oxygen atoms in total. The topological polar surface area (TPSA) is 388 Å². The molecular formula is C105H147N7O21. The average Bonchev–Trinajstić information content (AvgIpc) is 0.751. The predicted octanol–water partition coefficient (Wildman–Crippen LogP) is 13.0. The maximum atomic E-state index is 12.5. The summed E-state index contributed by atoms with van der Waals surface area (Å²) in [5, 5.41) is 15.0. The summed E-state index contributed by atoms with van der Waals surface area (Å²) in [5.41, 5.74) is 3.65. The van der Waals surface area contributed by atoms with E-state index in [2.05, 4.69) is 54.4 Å². The van der Waals surface area contributed by atoms with Gasteiger partial charge in [0.05, 0.1) is 144 Å². The zero-order chi connectivity index (χ0) is 136. The average molecular weight is 1880 g/mol. The Labute approximate surface area is 845 Å². The third-order valence-corrected chi connectivity index (χ3v) is 16.8. The summed E-state index contributed by atoms with van der Waals surface area (Å²) >= 11 is 0. The maximum absolute atomic E-state index is 12.5. The van der Waals surface area contributed by atoms with Crippen molar-refractivity contribution >= 4 is 81.8 Å². The Balaban J connectivity index is 0.00000102. The van der Waals surface area contributed by atoms with Crippen molar-refractivity contribution in [2.24, 2.45) is 41.4 Å². The summed E-state index contributed by atoms with van der Waals surface area (Å²) in [6.45, 7) is -5.90. The minimum absolute atomic E-state index is 0.0287. The molecule has 0 saturated carbocycles. The van der Waals surface area contributed by atoms with Gasteiger partial charge in [-0.2, -0.15) is 0 Å². The van der Waals surface area contributed by atoms with Crippen LogP contribution < -0.4 is 37.2 Å². The van der Waals surface area contributed by atoms with E-state index in [1.807, 2.05) is 67.9 Å². The number of hydrogen-bond acceptors (Lipinski definition) is 21. The van der Waals surface area contributed by atoms with Crippen molar-refractivity contribution in [1.29, 1.82) is 0 Å². The molecule has 28 heteroatoms. The number of aryl methyl sites for hydroxylation is 4. The predicted molar refractivity (Wildman–Crippen MR) is 516 cm³/mol. The van der Waals surface area contributed by atoms with Crippen LogP contribution >= 0.6 is 0 Å². The van der Waals surface area contributed by atoms with Crippen LogP contribution in [0.25, 0.3) is 0 Å². The van der Waals surface area contributed by atoms with Crippen LogP contribution in [0.15, 0.2) is 170 Å². The fourth-order valence-corrected chi connectivity index (χ4v) is 10.1. The molecule has 0 aromatic heterocycles. The molecule has 7 amide bonds. The zero-order valence-corrected chi connectivity index (χ0v) is 77.6. The van der Waals surface area contributed by atoms with Crippen molar-refractivity contribution in [2.75, 3.05) is 95.6 Å². The molecular weight excluding hydrogens is 1700 g/mol. The number of hydrogen-bond donors (Lipinski definition) is 7. The van der Waals surface area contributed by atoms with E-state index in [1.54, 1.807) is 72.8 Å². The van der Waals surface area contributed by atoms with Crippen LogP contribution in [-0.2, 0) is 146 Å². The molecule has 0 aliphatic carbocycles. The zero-order valence-electron chi connectivity index (χ0n) is 119. The largest absolute Gasteiger partial charge is 0.384 e. The van der Waals surface area contributed by atoms with E-state index in [0.717, 1.165) is 70.1 Å². The fourth-order valence-electron chi connectivity index (χ4n) is 10.1. The SMILES string of the molecule is [2H]C([2H])(NC(=O)C(CC(C)=O)C([2H])([2H])OC)c1ccc(C)cc1.[2H]C([2H])(NC(=O)C(CC(C)=O)C([2H])([2H])OC)c1ccc(C)cc1.[2H]C([2H])([2H])OCC(CC(C)=O)C(=O)NC([2H])([2H])c1ccc(C)cc1.[2H]C([2H])([2H])OCC(CC(C)=O)C(=O)NCc1ccc(C)cc1.[2H]c1c([2H])c(C([2H])([2H])NC(=O)C(CC(C)=O)C([2H])([2H])OC)c([2H])c([2H])c1C.[2H]c1c([2H])c(C([2H])([2H])NC(=O)C(CC(C)=O)C([2H])([2H])OC)c([2H])c([2H])c1C.[2H]c1c([2H])c(C([2H])([2H])NC(=O)C(COC([2H])([2H])[2H])CC(C)=O)c([2H])c([2H])c1C. The second-order valence-electron chi connectivity index (χ2n) is 29.4. The maximum Gasteiger partial charge on any atom is 0.226 e. The van der Waals surface area contributed by atoms with E-state index < -0.39 is 302 Å². The van der Waals surface area contributed by atoms with Gasteiger partial charge in [0.25, 0.3) is 0 Å². The van der Waals surface area contributed by atoms with E-state index in [0.29, 0.717) is 6.54 Å². The first-order chi connectivity index (χ1) is 79.0. The quantitative estimate of drug-likeness (QED) is 0.0186. The summed E-state index contributed by atoms with van der Waals surface area (Å²) in [6.07, 6.45) is -2.53. The molecule has 7 unspecified atom stereocenters. The molecule has 0 saturated heterocycles. The van der Waals surface area contributed by atoms with E-state index >= 15 is 0 Å². The normalized spacial score (nSPS) is 17.8. The molecule has 0 radical (unpaired) electrons. The van der Waals surface area contributed by atoms with Gasteiger partial charge in [-0.1, -0.05) is 209 Å². The second-order valence-corrected chi connectivity index (χ2v) is 29.4. The van der Waals surface area contributed by atoms with Crippen LogP contribution in [0.1, 0.15) is 228 Å². The Bertz CT molecular complexity index is 6450. The molecule has 0 aliphatic rings. The van der Waals surface area contributed by atoms with Gasteiger partial charge < -0.3 is 104 Å².